The van der Waals surface area contributed by atoms with Gasteiger partial charge in [0, 0.05) is 32.9 Å². The zero-order chi connectivity index (χ0) is 21.4. The molecule has 11 heteroatoms. The third-order valence-corrected chi connectivity index (χ3v) is 5.15. The molecule has 2 heterocycles. The monoisotopic (exact) mass is 419 g/mol. The van der Waals surface area contributed by atoms with Crippen molar-refractivity contribution in [3.8, 4) is 0 Å². The van der Waals surface area contributed by atoms with E-state index in [0.29, 0.717) is 0 Å². The van der Waals surface area contributed by atoms with Crippen molar-refractivity contribution >= 4 is 23.4 Å². The molecule has 7 nitrogen and oxygen atoms in total. The Kier molecular flexibility index (Phi) is 5.61. The van der Waals surface area contributed by atoms with Crippen molar-refractivity contribution in [1.29, 1.82) is 0 Å². The van der Waals surface area contributed by atoms with Gasteiger partial charge in [-0.3, -0.25) is 9.69 Å². The topological polar surface area (TPSA) is 82.1 Å². The molecule has 0 radical (unpaired) electrons. The van der Waals surface area contributed by atoms with Crippen molar-refractivity contribution in [2.24, 2.45) is 0 Å². The summed E-state index contributed by atoms with van der Waals surface area (Å²) < 4.78 is 58.5. The number of carbonyl (C=O) groups is 2. The zero-order valence-corrected chi connectivity index (χ0v) is 15.6. The molecule has 0 spiro atoms. The number of nitrogens with zero attached hydrogens (tertiary/aromatic N) is 2. The number of piperidine rings is 1. The first-order chi connectivity index (χ1) is 13.5. The predicted molar refractivity (Wildman–Crippen MR) is 95.2 cm³/mol. The van der Waals surface area contributed by atoms with Crippen LogP contribution in [-0.4, -0.2) is 61.2 Å². The Labute approximate surface area is 164 Å². The Hall–Kier alpha value is -2.56. The second-order valence-corrected chi connectivity index (χ2v) is 7.21. The SMILES string of the molecule is CC(=O)NC[C@H]1CN(c2ccc(N3CCC(O)(C(F)(F)F)CC3)c(F)c2)C(=O)O1. The number of hydrogen-bond donors (Lipinski definition) is 2. The lowest BCUT2D eigenvalue weighted by atomic mass is 9.90. The molecule has 2 amide bonds. The summed E-state index contributed by atoms with van der Waals surface area (Å²) in [5.74, 6) is -0.966. The first-order valence-electron chi connectivity index (χ1n) is 9.06. The summed E-state index contributed by atoms with van der Waals surface area (Å²) in [6, 6.07) is 3.98. The quantitative estimate of drug-likeness (QED) is 0.732. The smallest absolute Gasteiger partial charge is 0.417 e. The fourth-order valence-electron chi connectivity index (χ4n) is 3.42. The average molecular weight is 419 g/mol. The van der Waals surface area contributed by atoms with Gasteiger partial charge in [0.2, 0.25) is 5.91 Å². The minimum Gasteiger partial charge on any atom is -0.442 e. The molecule has 1 atom stereocenters. The molecular formula is C18H21F4N3O4. The van der Waals surface area contributed by atoms with Gasteiger partial charge in [-0.15, -0.1) is 0 Å². The van der Waals surface area contributed by atoms with E-state index in [0.717, 1.165) is 6.07 Å². The molecule has 2 aliphatic rings. The highest BCUT2D eigenvalue weighted by Crippen LogP contribution is 2.40. The Bertz CT molecular complexity index is 794. The molecule has 0 unspecified atom stereocenters. The van der Waals surface area contributed by atoms with Crippen molar-refractivity contribution in [1.82, 2.24) is 5.32 Å². The molecular weight excluding hydrogens is 398 g/mol. The van der Waals surface area contributed by atoms with Crippen LogP contribution < -0.4 is 15.1 Å². The maximum atomic E-state index is 14.6. The van der Waals surface area contributed by atoms with E-state index >= 15 is 0 Å². The lowest BCUT2D eigenvalue weighted by molar-refractivity contribution is -0.266. The molecule has 3 rings (SSSR count). The first-order valence-corrected chi connectivity index (χ1v) is 9.06. The van der Waals surface area contributed by atoms with E-state index in [-0.39, 0.29) is 43.5 Å². The maximum Gasteiger partial charge on any atom is 0.417 e. The number of carbonyl (C=O) groups excluding carboxylic acids is 2. The summed E-state index contributed by atoms with van der Waals surface area (Å²) >= 11 is 0. The summed E-state index contributed by atoms with van der Waals surface area (Å²) in [5.41, 5.74) is -2.42. The molecule has 2 N–H and O–H groups in total. The van der Waals surface area contributed by atoms with Crippen LogP contribution in [-0.2, 0) is 9.53 Å². The fraction of sp³-hybridized carbons (Fsp3) is 0.556. The van der Waals surface area contributed by atoms with Gasteiger partial charge in [-0.05, 0) is 18.2 Å². The Morgan fingerprint density at radius 3 is 2.55 bits per heavy atom. The number of ether oxygens (including phenoxy) is 1. The van der Waals surface area contributed by atoms with Crippen molar-refractivity contribution in [3.05, 3.63) is 24.0 Å². The number of alkyl halides is 3. The molecule has 2 fully saturated rings. The third kappa shape index (κ3) is 4.39. The number of nitrogens with one attached hydrogen (secondary N) is 1. The van der Waals surface area contributed by atoms with Crippen molar-refractivity contribution in [2.45, 2.75) is 37.6 Å². The molecule has 0 aliphatic carbocycles. The van der Waals surface area contributed by atoms with Gasteiger partial charge in [0.1, 0.15) is 11.9 Å². The standard InChI is InChI=1S/C18H21F4N3O4/c1-11(26)23-9-13-10-25(16(27)29-13)12-2-3-15(14(19)8-12)24-6-4-17(28,5-7-24)18(20,21)22/h2-3,8,13,28H,4-7,9-10H2,1H3,(H,23,26)/t13-/m0/s1. The van der Waals surface area contributed by atoms with Crippen LogP contribution in [0.25, 0.3) is 0 Å². The van der Waals surface area contributed by atoms with Crippen LogP contribution in [0.1, 0.15) is 19.8 Å². The van der Waals surface area contributed by atoms with E-state index in [2.05, 4.69) is 5.32 Å². The lowest BCUT2D eigenvalue weighted by Gasteiger charge is -2.40. The highest BCUT2D eigenvalue weighted by molar-refractivity contribution is 5.90. The molecule has 0 aromatic heterocycles. The molecule has 0 saturated carbocycles. The van der Waals surface area contributed by atoms with Gasteiger partial charge in [0.25, 0.3) is 0 Å². The maximum absolute atomic E-state index is 14.6. The molecule has 1 aromatic rings. The Morgan fingerprint density at radius 1 is 1.34 bits per heavy atom. The summed E-state index contributed by atoms with van der Waals surface area (Å²) in [5, 5.41) is 12.3. The van der Waals surface area contributed by atoms with Gasteiger partial charge in [0.15, 0.2) is 5.60 Å². The fourth-order valence-corrected chi connectivity index (χ4v) is 3.42. The highest BCUT2D eigenvalue weighted by atomic mass is 19.4. The molecule has 1 aromatic carbocycles. The van der Waals surface area contributed by atoms with Gasteiger partial charge in [0.05, 0.1) is 24.5 Å². The van der Waals surface area contributed by atoms with Crippen molar-refractivity contribution in [3.63, 3.8) is 0 Å². The van der Waals surface area contributed by atoms with Crippen LogP contribution in [0.15, 0.2) is 18.2 Å². The van der Waals surface area contributed by atoms with Crippen molar-refractivity contribution < 1.29 is 37.0 Å². The van der Waals surface area contributed by atoms with Gasteiger partial charge >= 0.3 is 12.3 Å². The number of hydrogen-bond acceptors (Lipinski definition) is 5. The highest BCUT2D eigenvalue weighted by Gasteiger charge is 2.54. The summed E-state index contributed by atoms with van der Waals surface area (Å²) in [4.78, 5) is 25.6. The lowest BCUT2D eigenvalue weighted by Crippen LogP contribution is -2.53. The van der Waals surface area contributed by atoms with Crippen LogP contribution in [0.2, 0.25) is 0 Å². The second kappa shape index (κ2) is 7.69. The van der Waals surface area contributed by atoms with Gasteiger partial charge < -0.3 is 20.1 Å². The number of anilines is 2. The van der Waals surface area contributed by atoms with Crippen LogP contribution >= 0.6 is 0 Å². The first kappa shape index (κ1) is 21.2. The van der Waals surface area contributed by atoms with Gasteiger partial charge in [-0.1, -0.05) is 0 Å². The number of aliphatic hydroxyl groups is 1. The van der Waals surface area contributed by atoms with E-state index in [9.17, 15) is 32.3 Å². The van der Waals surface area contributed by atoms with E-state index in [1.165, 1.54) is 28.9 Å². The Balaban J connectivity index is 1.67. The normalized spacial score (nSPS) is 21.9. The van der Waals surface area contributed by atoms with Gasteiger partial charge in [-0.25, -0.2) is 9.18 Å². The van der Waals surface area contributed by atoms with Crippen LogP contribution in [0.3, 0.4) is 0 Å². The minimum atomic E-state index is -4.73. The average Bonchev–Trinajstić information content (AvgIpc) is 3.01. The molecule has 2 saturated heterocycles. The number of halogens is 4. The number of amides is 2. The molecule has 0 bridgehead atoms. The predicted octanol–water partition coefficient (Wildman–Crippen LogP) is 2.18. The van der Waals surface area contributed by atoms with Crippen molar-refractivity contribution in [2.75, 3.05) is 36.0 Å². The van der Waals surface area contributed by atoms with E-state index in [1.807, 2.05) is 0 Å². The number of rotatable bonds is 4. The zero-order valence-electron chi connectivity index (χ0n) is 15.6. The summed E-state index contributed by atoms with van der Waals surface area (Å²) in [6.45, 7) is 1.28. The van der Waals surface area contributed by atoms with Crippen LogP contribution in [0.4, 0.5) is 33.7 Å². The summed E-state index contributed by atoms with van der Waals surface area (Å²) in [7, 11) is 0. The number of benzene rings is 1. The second-order valence-electron chi connectivity index (χ2n) is 7.21. The van der Waals surface area contributed by atoms with Crippen LogP contribution in [0.5, 0.6) is 0 Å². The van der Waals surface area contributed by atoms with E-state index in [1.54, 1.807) is 0 Å². The molecule has 2 aliphatic heterocycles. The molecule has 160 valence electrons. The summed E-state index contributed by atoms with van der Waals surface area (Å²) in [6.07, 6.45) is -7.09. The third-order valence-electron chi connectivity index (χ3n) is 5.15. The largest absolute Gasteiger partial charge is 0.442 e. The van der Waals surface area contributed by atoms with E-state index in [4.69, 9.17) is 4.74 Å². The van der Waals surface area contributed by atoms with Gasteiger partial charge in [-0.2, -0.15) is 13.2 Å². The van der Waals surface area contributed by atoms with Crippen LogP contribution in [0, 0.1) is 5.82 Å². The minimum absolute atomic E-state index is 0.0975. The Morgan fingerprint density at radius 2 is 2.00 bits per heavy atom. The number of cyclic esters (lactones) is 1. The molecule has 29 heavy (non-hydrogen) atoms. The van der Waals surface area contributed by atoms with E-state index < -0.39 is 42.6 Å².